The second kappa shape index (κ2) is 3.98. The Morgan fingerprint density at radius 3 is 2.60 bits per heavy atom. The molecule has 0 bridgehead atoms. The number of aromatic carboxylic acids is 1. The summed E-state index contributed by atoms with van der Waals surface area (Å²) in [6.07, 6.45) is 0. The van der Waals surface area contributed by atoms with Gasteiger partial charge in [0, 0.05) is 0 Å². The molecule has 0 fully saturated rings. The Hall–Kier alpha value is -1.43. The number of carbonyl (C=O) groups excluding carboxylic acids is 1. The van der Waals surface area contributed by atoms with Crippen LogP contribution in [0.25, 0.3) is 0 Å². The third-order valence-electron chi connectivity index (χ3n) is 1.65. The van der Waals surface area contributed by atoms with Gasteiger partial charge in [0.2, 0.25) is 0 Å². The maximum atomic E-state index is 13.2. The number of carboxylic acids is 1. The molecule has 82 valence electrons. The first-order valence-corrected chi connectivity index (χ1v) is 5.01. The molecule has 4 nitrogen and oxygen atoms in total. The number of carbonyl (C=O) groups is 2. The molecule has 1 amide bonds. The fourth-order valence-corrected chi connectivity index (χ4v) is 1.53. The van der Waals surface area contributed by atoms with Crippen LogP contribution in [0.15, 0.2) is 11.4 Å². The minimum absolute atomic E-state index is 0.00685. The minimum atomic E-state index is -2.03. The largest absolute Gasteiger partial charge is 0.477 e. The molecule has 0 aliphatic heterocycles. The zero-order valence-electron chi connectivity index (χ0n) is 8.20. The predicted octanol–water partition coefficient (Wildman–Crippen LogP) is 2.13. The van der Waals surface area contributed by atoms with Crippen molar-refractivity contribution >= 4 is 28.9 Å². The molecule has 6 heteroatoms. The lowest BCUT2D eigenvalue weighted by atomic mass is 10.1. The van der Waals surface area contributed by atoms with Gasteiger partial charge in [0.25, 0.3) is 5.91 Å². The summed E-state index contributed by atoms with van der Waals surface area (Å²) in [6.45, 7) is 2.21. The van der Waals surface area contributed by atoms with Crippen molar-refractivity contribution in [2.75, 3.05) is 5.32 Å². The van der Waals surface area contributed by atoms with Gasteiger partial charge in [0.05, 0.1) is 5.69 Å². The second-order valence-corrected chi connectivity index (χ2v) is 4.31. The van der Waals surface area contributed by atoms with Crippen LogP contribution in [0.5, 0.6) is 0 Å². The Labute approximate surface area is 89.7 Å². The SMILES string of the molecule is CC(C)(F)C(=O)Nc1ccsc1C(=O)O. The van der Waals surface area contributed by atoms with Crippen LogP contribution in [0.3, 0.4) is 0 Å². The molecular weight excluding hydrogens is 221 g/mol. The third kappa shape index (κ3) is 2.76. The topological polar surface area (TPSA) is 66.4 Å². The van der Waals surface area contributed by atoms with E-state index in [2.05, 4.69) is 5.32 Å². The summed E-state index contributed by atoms with van der Waals surface area (Å²) in [5, 5.41) is 12.5. The summed E-state index contributed by atoms with van der Waals surface area (Å²) in [6, 6.07) is 1.43. The van der Waals surface area contributed by atoms with E-state index in [0.29, 0.717) is 0 Å². The number of alkyl halides is 1. The number of amides is 1. The molecule has 1 rings (SSSR count). The summed E-state index contributed by atoms with van der Waals surface area (Å²) in [7, 11) is 0. The summed E-state index contributed by atoms with van der Waals surface area (Å²) in [5.74, 6) is -2.00. The Bertz CT molecular complexity index is 394. The van der Waals surface area contributed by atoms with Gasteiger partial charge in [-0.1, -0.05) is 0 Å². The molecule has 0 saturated carbocycles. The van der Waals surface area contributed by atoms with E-state index in [4.69, 9.17) is 5.11 Å². The van der Waals surface area contributed by atoms with Crippen LogP contribution >= 0.6 is 11.3 Å². The monoisotopic (exact) mass is 231 g/mol. The first-order chi connectivity index (χ1) is 6.82. The smallest absolute Gasteiger partial charge is 0.348 e. The predicted molar refractivity (Wildman–Crippen MR) is 55.1 cm³/mol. The Balaban J connectivity index is 2.86. The lowest BCUT2D eigenvalue weighted by molar-refractivity contribution is -0.125. The molecule has 1 aromatic heterocycles. The van der Waals surface area contributed by atoms with Gasteiger partial charge in [-0.25, -0.2) is 9.18 Å². The molecule has 0 aliphatic carbocycles. The van der Waals surface area contributed by atoms with Crippen LogP contribution in [0.2, 0.25) is 0 Å². The van der Waals surface area contributed by atoms with Crippen molar-refractivity contribution in [3.63, 3.8) is 0 Å². The summed E-state index contributed by atoms with van der Waals surface area (Å²) in [4.78, 5) is 21.9. The zero-order chi connectivity index (χ0) is 11.6. The van der Waals surface area contributed by atoms with E-state index in [1.807, 2.05) is 0 Å². The number of halogens is 1. The number of anilines is 1. The van der Waals surface area contributed by atoms with Gasteiger partial charge >= 0.3 is 5.97 Å². The molecule has 0 saturated heterocycles. The van der Waals surface area contributed by atoms with Crippen molar-refractivity contribution in [1.82, 2.24) is 0 Å². The van der Waals surface area contributed by atoms with Crippen molar-refractivity contribution < 1.29 is 19.1 Å². The number of carboxylic acid groups (broad SMARTS) is 1. The van der Waals surface area contributed by atoms with Crippen molar-refractivity contribution in [2.24, 2.45) is 0 Å². The minimum Gasteiger partial charge on any atom is -0.477 e. The molecule has 0 aliphatic rings. The van der Waals surface area contributed by atoms with Crippen LogP contribution in [-0.2, 0) is 4.79 Å². The maximum Gasteiger partial charge on any atom is 0.348 e. The van der Waals surface area contributed by atoms with Crippen LogP contribution in [0.4, 0.5) is 10.1 Å². The van der Waals surface area contributed by atoms with E-state index in [1.54, 1.807) is 0 Å². The fourth-order valence-electron chi connectivity index (χ4n) is 0.844. The number of hydrogen-bond donors (Lipinski definition) is 2. The number of hydrogen-bond acceptors (Lipinski definition) is 3. The normalized spacial score (nSPS) is 11.1. The van der Waals surface area contributed by atoms with Gasteiger partial charge in [-0.2, -0.15) is 0 Å². The van der Waals surface area contributed by atoms with E-state index < -0.39 is 17.5 Å². The van der Waals surface area contributed by atoms with E-state index in [-0.39, 0.29) is 10.6 Å². The van der Waals surface area contributed by atoms with E-state index in [1.165, 1.54) is 11.4 Å². The number of rotatable bonds is 3. The highest BCUT2D eigenvalue weighted by Gasteiger charge is 2.27. The van der Waals surface area contributed by atoms with Gasteiger partial charge in [-0.15, -0.1) is 11.3 Å². The molecular formula is C9H10FNO3S. The molecule has 0 spiro atoms. The Kier molecular flexibility index (Phi) is 3.09. The zero-order valence-corrected chi connectivity index (χ0v) is 9.02. The van der Waals surface area contributed by atoms with Crippen LogP contribution in [0, 0.1) is 0 Å². The van der Waals surface area contributed by atoms with E-state index >= 15 is 0 Å². The molecule has 1 heterocycles. The number of nitrogens with one attached hydrogen (secondary N) is 1. The quantitative estimate of drug-likeness (QED) is 0.837. The second-order valence-electron chi connectivity index (χ2n) is 3.40. The highest BCUT2D eigenvalue weighted by Crippen LogP contribution is 2.23. The third-order valence-corrected chi connectivity index (χ3v) is 2.55. The van der Waals surface area contributed by atoms with E-state index in [0.717, 1.165) is 25.2 Å². The molecule has 15 heavy (non-hydrogen) atoms. The standard InChI is InChI=1S/C9H10FNO3S/c1-9(2,10)8(14)11-5-3-4-15-6(5)7(12)13/h3-4H,1-2H3,(H,11,14)(H,12,13). The average molecular weight is 231 g/mol. The summed E-state index contributed by atoms with van der Waals surface area (Å²) in [5.41, 5.74) is -1.90. The van der Waals surface area contributed by atoms with Gasteiger partial charge in [0.15, 0.2) is 5.67 Å². The Morgan fingerprint density at radius 1 is 1.53 bits per heavy atom. The Morgan fingerprint density at radius 2 is 2.13 bits per heavy atom. The molecule has 0 aromatic carbocycles. The first-order valence-electron chi connectivity index (χ1n) is 4.13. The summed E-state index contributed by atoms with van der Waals surface area (Å²) < 4.78 is 13.2. The first kappa shape index (κ1) is 11.6. The molecule has 1 aromatic rings. The van der Waals surface area contributed by atoms with Crippen molar-refractivity contribution in [3.05, 3.63) is 16.3 Å². The van der Waals surface area contributed by atoms with Crippen LogP contribution in [-0.4, -0.2) is 22.7 Å². The van der Waals surface area contributed by atoms with E-state index in [9.17, 15) is 14.0 Å². The highest BCUT2D eigenvalue weighted by molar-refractivity contribution is 7.12. The maximum absolute atomic E-state index is 13.2. The van der Waals surface area contributed by atoms with Gasteiger partial charge in [-0.05, 0) is 25.3 Å². The molecule has 0 radical (unpaired) electrons. The molecule has 0 atom stereocenters. The molecule has 2 N–H and O–H groups in total. The summed E-state index contributed by atoms with van der Waals surface area (Å²) >= 11 is 0.974. The highest BCUT2D eigenvalue weighted by atomic mass is 32.1. The van der Waals surface area contributed by atoms with Crippen molar-refractivity contribution in [3.8, 4) is 0 Å². The average Bonchev–Trinajstić information content (AvgIpc) is 2.50. The fraction of sp³-hybridized carbons (Fsp3) is 0.333. The lowest BCUT2D eigenvalue weighted by Gasteiger charge is -2.13. The van der Waals surface area contributed by atoms with Crippen LogP contribution < -0.4 is 5.32 Å². The van der Waals surface area contributed by atoms with Crippen LogP contribution in [0.1, 0.15) is 23.5 Å². The van der Waals surface area contributed by atoms with Gasteiger partial charge in [-0.3, -0.25) is 4.79 Å². The van der Waals surface area contributed by atoms with Gasteiger partial charge < -0.3 is 10.4 Å². The van der Waals surface area contributed by atoms with Crippen molar-refractivity contribution in [1.29, 1.82) is 0 Å². The van der Waals surface area contributed by atoms with Crippen molar-refractivity contribution in [2.45, 2.75) is 19.5 Å². The number of thiophene rings is 1. The lowest BCUT2D eigenvalue weighted by Crippen LogP contribution is -2.32. The van der Waals surface area contributed by atoms with Gasteiger partial charge in [0.1, 0.15) is 4.88 Å². The molecule has 0 unspecified atom stereocenters.